The average Bonchev–Trinajstić information content (AvgIpc) is 3.04. The first-order valence-corrected chi connectivity index (χ1v) is 10.1. The van der Waals surface area contributed by atoms with Gasteiger partial charge in [-0.1, -0.05) is 36.4 Å². The smallest absolute Gasteiger partial charge is 0.267 e. The molecule has 1 aliphatic rings. The lowest BCUT2D eigenvalue weighted by Crippen LogP contribution is -2.13. The van der Waals surface area contributed by atoms with E-state index in [0.717, 1.165) is 29.0 Å². The molecule has 0 radical (unpaired) electrons. The summed E-state index contributed by atoms with van der Waals surface area (Å²) in [5.74, 6) is 0.307. The molecule has 0 atom stereocenters. The Kier molecular flexibility index (Phi) is 3.97. The van der Waals surface area contributed by atoms with Crippen LogP contribution in [0.5, 0.6) is 5.75 Å². The van der Waals surface area contributed by atoms with Gasteiger partial charge in [-0.3, -0.25) is 4.72 Å². The number of benzene rings is 2. The van der Waals surface area contributed by atoms with Crippen molar-refractivity contribution in [2.45, 2.75) is 17.7 Å². The van der Waals surface area contributed by atoms with Gasteiger partial charge in [0.2, 0.25) is 0 Å². The Hall–Kier alpha value is -2.38. The summed E-state index contributed by atoms with van der Waals surface area (Å²) in [5, 5.41) is 0.382. The summed E-state index contributed by atoms with van der Waals surface area (Å²) in [4.78, 5) is 5.76. The topological polar surface area (TPSA) is 68.3 Å². The lowest BCUT2D eigenvalue weighted by molar-refractivity contribution is 0.403. The molecule has 0 saturated heterocycles. The standard InChI is InChI=1S/C18H16N2O3S2/c1-23-14-8-4-5-9-16(14)25(21,22)20-18-19-17-13-7-3-2-6-12(13)10-11-15(17)24-18/h2-9H,10-11H2,1H3,(H,19,20). The highest BCUT2D eigenvalue weighted by Crippen LogP contribution is 2.38. The van der Waals surface area contributed by atoms with E-state index in [2.05, 4.69) is 15.8 Å². The second-order valence-corrected chi connectivity index (χ2v) is 8.44. The fraction of sp³-hybridized carbons (Fsp3) is 0.167. The lowest BCUT2D eigenvalue weighted by atomic mass is 9.94. The van der Waals surface area contributed by atoms with Gasteiger partial charge in [-0.05, 0) is 30.5 Å². The second kappa shape index (κ2) is 6.16. The van der Waals surface area contributed by atoms with Gasteiger partial charge in [0, 0.05) is 10.4 Å². The number of ether oxygens (including phenoxy) is 1. The summed E-state index contributed by atoms with van der Waals surface area (Å²) in [7, 11) is -2.31. The highest BCUT2D eigenvalue weighted by Gasteiger charge is 2.24. The SMILES string of the molecule is COc1ccccc1S(=O)(=O)Nc1nc2c(s1)CCc1ccccc1-2. The van der Waals surface area contributed by atoms with Crippen molar-refractivity contribution < 1.29 is 13.2 Å². The van der Waals surface area contributed by atoms with Gasteiger partial charge in [0.15, 0.2) is 5.13 Å². The van der Waals surface area contributed by atoms with E-state index in [4.69, 9.17) is 4.74 Å². The Bertz CT molecular complexity index is 1040. The van der Waals surface area contributed by atoms with Gasteiger partial charge >= 0.3 is 0 Å². The van der Waals surface area contributed by atoms with Crippen molar-refractivity contribution in [1.29, 1.82) is 0 Å². The first-order chi connectivity index (χ1) is 12.1. The van der Waals surface area contributed by atoms with Crippen molar-refractivity contribution in [1.82, 2.24) is 4.98 Å². The number of rotatable bonds is 4. The summed E-state index contributed by atoms with van der Waals surface area (Å²) in [6.07, 6.45) is 1.82. The van der Waals surface area contributed by atoms with Crippen LogP contribution in [0.4, 0.5) is 5.13 Å². The van der Waals surface area contributed by atoms with Crippen LogP contribution in [-0.2, 0) is 22.9 Å². The molecule has 2 aromatic carbocycles. The van der Waals surface area contributed by atoms with Gasteiger partial charge in [0.1, 0.15) is 10.6 Å². The van der Waals surface area contributed by atoms with E-state index < -0.39 is 10.0 Å². The minimum absolute atomic E-state index is 0.103. The number of aromatic nitrogens is 1. The van der Waals surface area contributed by atoms with E-state index in [1.54, 1.807) is 18.2 Å². The molecule has 0 aliphatic heterocycles. The van der Waals surface area contributed by atoms with Crippen molar-refractivity contribution in [2.75, 3.05) is 11.8 Å². The Balaban J connectivity index is 1.70. The molecule has 7 heteroatoms. The van der Waals surface area contributed by atoms with Gasteiger partial charge in [0.25, 0.3) is 10.0 Å². The van der Waals surface area contributed by atoms with E-state index in [1.165, 1.54) is 30.1 Å². The van der Waals surface area contributed by atoms with Crippen LogP contribution in [0.15, 0.2) is 53.4 Å². The molecule has 5 nitrogen and oxygen atoms in total. The minimum Gasteiger partial charge on any atom is -0.495 e. The number of nitrogens with one attached hydrogen (secondary N) is 1. The van der Waals surface area contributed by atoms with E-state index in [0.29, 0.717) is 10.9 Å². The fourth-order valence-electron chi connectivity index (χ4n) is 3.00. The number of anilines is 1. The number of sulfonamides is 1. The molecule has 1 aliphatic carbocycles. The molecule has 128 valence electrons. The van der Waals surface area contributed by atoms with Gasteiger partial charge in [0.05, 0.1) is 12.8 Å². The molecule has 1 heterocycles. The summed E-state index contributed by atoms with van der Waals surface area (Å²) in [6.45, 7) is 0. The molecular formula is C18H16N2O3S2. The Morgan fingerprint density at radius 1 is 1.08 bits per heavy atom. The molecular weight excluding hydrogens is 356 g/mol. The number of aryl methyl sites for hydroxylation is 2. The normalized spacial score (nSPS) is 13.0. The maximum atomic E-state index is 12.7. The first-order valence-electron chi connectivity index (χ1n) is 7.82. The molecule has 25 heavy (non-hydrogen) atoms. The molecule has 0 fully saturated rings. The van der Waals surface area contributed by atoms with Crippen LogP contribution in [0.25, 0.3) is 11.3 Å². The van der Waals surface area contributed by atoms with Crippen LogP contribution in [0.3, 0.4) is 0 Å². The predicted octanol–water partition coefficient (Wildman–Crippen LogP) is 3.72. The third-order valence-electron chi connectivity index (χ3n) is 4.17. The molecule has 0 amide bonds. The third-order valence-corrected chi connectivity index (χ3v) is 6.71. The van der Waals surface area contributed by atoms with Gasteiger partial charge in [-0.2, -0.15) is 0 Å². The van der Waals surface area contributed by atoms with Crippen LogP contribution >= 0.6 is 11.3 Å². The minimum atomic E-state index is -3.76. The lowest BCUT2D eigenvalue weighted by Gasteiger charge is -2.13. The maximum Gasteiger partial charge on any atom is 0.267 e. The first kappa shape index (κ1) is 16.1. The Morgan fingerprint density at radius 3 is 2.68 bits per heavy atom. The molecule has 3 aromatic rings. The number of hydrogen-bond acceptors (Lipinski definition) is 5. The highest BCUT2D eigenvalue weighted by atomic mass is 32.2. The van der Waals surface area contributed by atoms with E-state index in [1.807, 2.05) is 18.2 Å². The van der Waals surface area contributed by atoms with E-state index in [-0.39, 0.29) is 4.90 Å². The van der Waals surface area contributed by atoms with Crippen molar-refractivity contribution >= 4 is 26.5 Å². The van der Waals surface area contributed by atoms with Gasteiger partial charge in [-0.25, -0.2) is 13.4 Å². The fourth-order valence-corrected chi connectivity index (χ4v) is 5.39. The van der Waals surface area contributed by atoms with Crippen LogP contribution < -0.4 is 9.46 Å². The summed E-state index contributed by atoms with van der Waals surface area (Å²) >= 11 is 1.39. The molecule has 1 aromatic heterocycles. The number of hydrogen-bond donors (Lipinski definition) is 1. The third kappa shape index (κ3) is 2.89. The molecule has 0 saturated carbocycles. The van der Waals surface area contributed by atoms with Crippen LogP contribution in [-0.4, -0.2) is 20.5 Å². The zero-order valence-electron chi connectivity index (χ0n) is 13.5. The van der Waals surface area contributed by atoms with Gasteiger partial charge < -0.3 is 4.74 Å². The number of thiazole rings is 1. The van der Waals surface area contributed by atoms with E-state index in [9.17, 15) is 8.42 Å². The van der Waals surface area contributed by atoms with Crippen molar-refractivity contribution in [3.8, 4) is 17.0 Å². The summed E-state index contributed by atoms with van der Waals surface area (Å²) < 4.78 is 33.2. The largest absolute Gasteiger partial charge is 0.495 e. The average molecular weight is 372 g/mol. The van der Waals surface area contributed by atoms with Crippen LogP contribution in [0, 0.1) is 0 Å². The molecule has 0 spiro atoms. The molecule has 1 N–H and O–H groups in total. The van der Waals surface area contributed by atoms with Gasteiger partial charge in [-0.15, -0.1) is 11.3 Å². The van der Waals surface area contributed by atoms with E-state index >= 15 is 0 Å². The molecule has 4 rings (SSSR count). The Morgan fingerprint density at radius 2 is 1.84 bits per heavy atom. The maximum absolute atomic E-state index is 12.7. The predicted molar refractivity (Wildman–Crippen MR) is 98.8 cm³/mol. The molecule has 0 unspecified atom stereocenters. The number of nitrogens with zero attached hydrogens (tertiary/aromatic N) is 1. The monoisotopic (exact) mass is 372 g/mol. The van der Waals surface area contributed by atoms with Crippen molar-refractivity contribution in [2.24, 2.45) is 0 Å². The van der Waals surface area contributed by atoms with Crippen molar-refractivity contribution in [3.05, 3.63) is 59.0 Å². The number of fused-ring (bicyclic) bond motifs is 3. The summed E-state index contributed by atoms with van der Waals surface area (Å²) in [5.41, 5.74) is 3.21. The number of methoxy groups -OCH3 is 1. The van der Waals surface area contributed by atoms with Crippen LogP contribution in [0.1, 0.15) is 10.4 Å². The second-order valence-electron chi connectivity index (χ2n) is 5.70. The zero-order valence-corrected chi connectivity index (χ0v) is 15.2. The summed E-state index contributed by atoms with van der Waals surface area (Å²) in [6, 6.07) is 14.7. The zero-order chi connectivity index (χ0) is 17.4. The highest BCUT2D eigenvalue weighted by molar-refractivity contribution is 7.93. The van der Waals surface area contributed by atoms with Crippen molar-refractivity contribution in [3.63, 3.8) is 0 Å². The quantitative estimate of drug-likeness (QED) is 0.758. The van der Waals surface area contributed by atoms with Crippen LogP contribution in [0.2, 0.25) is 0 Å². The molecule has 0 bridgehead atoms. The Labute approximate surface area is 150 Å². The number of para-hydroxylation sites is 1.